The van der Waals surface area contributed by atoms with E-state index in [1.807, 2.05) is 13.8 Å². The van der Waals surface area contributed by atoms with Crippen LogP contribution in [-0.4, -0.2) is 44.2 Å². The molecule has 0 aliphatic carbocycles. The lowest BCUT2D eigenvalue weighted by Crippen LogP contribution is -2.32. The molecule has 0 spiro atoms. The molecule has 98 valence electrons. The van der Waals surface area contributed by atoms with E-state index in [1.165, 1.54) is 32.4 Å². The van der Waals surface area contributed by atoms with Crippen molar-refractivity contribution < 1.29 is 9.53 Å². The van der Waals surface area contributed by atoms with Gasteiger partial charge in [0.1, 0.15) is 0 Å². The second kappa shape index (κ2) is 16.8. The number of nitrogens with two attached hydrogens (primary N) is 1. The summed E-state index contributed by atoms with van der Waals surface area (Å²) in [4.78, 5) is 11.1. The highest BCUT2D eigenvalue weighted by Crippen LogP contribution is 2.07. The predicted molar refractivity (Wildman–Crippen MR) is 68.4 cm³/mol. The van der Waals surface area contributed by atoms with Crippen LogP contribution < -0.4 is 5.73 Å². The molecule has 1 heterocycles. The third-order valence-electron chi connectivity index (χ3n) is 2.20. The molecule has 1 fully saturated rings. The first kappa shape index (κ1) is 17.8. The fourth-order valence-electron chi connectivity index (χ4n) is 1.52. The number of amides is 1. The summed E-state index contributed by atoms with van der Waals surface area (Å²) in [6.07, 6.45) is 4.43. The first-order valence-electron chi connectivity index (χ1n) is 6.30. The van der Waals surface area contributed by atoms with Crippen LogP contribution >= 0.6 is 0 Å². The number of carbonyl (C=O) groups is 1. The standard InChI is InChI=1S/C9H19NO.C2H6.CH3NO/c1-2-11-9-8-10-6-4-3-5-7-10;1-2;2-1-3/h2-9H2,1H3;1-2H3;1H,(H2,2,3). The van der Waals surface area contributed by atoms with Gasteiger partial charge in [-0.05, 0) is 32.9 Å². The minimum absolute atomic E-state index is 0.250. The molecule has 1 saturated heterocycles. The molecule has 0 aromatic carbocycles. The van der Waals surface area contributed by atoms with Crippen LogP contribution in [0.5, 0.6) is 0 Å². The minimum atomic E-state index is 0.250. The van der Waals surface area contributed by atoms with Gasteiger partial charge in [0.2, 0.25) is 6.41 Å². The van der Waals surface area contributed by atoms with E-state index in [-0.39, 0.29) is 6.41 Å². The third kappa shape index (κ3) is 13.4. The van der Waals surface area contributed by atoms with E-state index in [0.29, 0.717) is 0 Å². The number of rotatable bonds is 4. The number of nitrogens with zero attached hydrogens (tertiary/aromatic N) is 1. The first-order valence-corrected chi connectivity index (χ1v) is 6.30. The van der Waals surface area contributed by atoms with Gasteiger partial charge >= 0.3 is 0 Å². The molecule has 0 bridgehead atoms. The minimum Gasteiger partial charge on any atom is -0.380 e. The van der Waals surface area contributed by atoms with Crippen LogP contribution in [0.3, 0.4) is 0 Å². The fourth-order valence-corrected chi connectivity index (χ4v) is 1.52. The van der Waals surface area contributed by atoms with Crippen molar-refractivity contribution in [1.82, 2.24) is 4.90 Å². The van der Waals surface area contributed by atoms with Gasteiger partial charge in [0.15, 0.2) is 0 Å². The molecule has 2 N–H and O–H groups in total. The van der Waals surface area contributed by atoms with Gasteiger partial charge in [-0.25, -0.2) is 0 Å². The topological polar surface area (TPSA) is 55.6 Å². The molecular weight excluding hydrogens is 204 g/mol. The maximum absolute atomic E-state index is 8.58. The van der Waals surface area contributed by atoms with E-state index >= 15 is 0 Å². The zero-order valence-electron chi connectivity index (χ0n) is 11.1. The van der Waals surface area contributed by atoms with E-state index in [1.54, 1.807) is 0 Å². The molecule has 1 rings (SSSR count). The Bertz CT molecular complexity index is 126. The average molecular weight is 232 g/mol. The molecule has 4 heteroatoms. The van der Waals surface area contributed by atoms with Crippen molar-refractivity contribution in [3.05, 3.63) is 0 Å². The van der Waals surface area contributed by atoms with Gasteiger partial charge in [-0.1, -0.05) is 20.3 Å². The van der Waals surface area contributed by atoms with Crippen molar-refractivity contribution in [3.8, 4) is 0 Å². The van der Waals surface area contributed by atoms with Gasteiger partial charge in [0.05, 0.1) is 6.61 Å². The smallest absolute Gasteiger partial charge is 0.204 e. The Morgan fingerprint density at radius 3 is 2.19 bits per heavy atom. The summed E-state index contributed by atoms with van der Waals surface area (Å²) >= 11 is 0. The molecule has 0 unspecified atom stereocenters. The fraction of sp³-hybridized carbons (Fsp3) is 0.917. The van der Waals surface area contributed by atoms with Crippen LogP contribution in [0.25, 0.3) is 0 Å². The van der Waals surface area contributed by atoms with E-state index in [2.05, 4.69) is 17.6 Å². The average Bonchev–Trinajstić information content (AvgIpc) is 2.34. The number of piperidine rings is 1. The van der Waals surface area contributed by atoms with Crippen molar-refractivity contribution >= 4 is 6.41 Å². The molecule has 1 aliphatic rings. The zero-order chi connectivity index (χ0) is 12.6. The van der Waals surface area contributed by atoms with Gasteiger partial charge in [-0.3, -0.25) is 4.79 Å². The van der Waals surface area contributed by atoms with E-state index < -0.39 is 0 Å². The molecule has 16 heavy (non-hydrogen) atoms. The number of carbonyl (C=O) groups excluding carboxylic acids is 1. The summed E-state index contributed by atoms with van der Waals surface area (Å²) < 4.78 is 5.29. The van der Waals surface area contributed by atoms with Crippen molar-refractivity contribution in [3.63, 3.8) is 0 Å². The molecule has 1 aliphatic heterocycles. The maximum Gasteiger partial charge on any atom is 0.204 e. The molecule has 0 aromatic rings. The van der Waals surface area contributed by atoms with E-state index in [0.717, 1.165) is 19.8 Å². The molecule has 0 radical (unpaired) electrons. The summed E-state index contributed by atoms with van der Waals surface area (Å²) in [5.74, 6) is 0. The second-order valence-corrected chi connectivity index (χ2v) is 3.24. The van der Waals surface area contributed by atoms with E-state index in [4.69, 9.17) is 9.53 Å². The lowest BCUT2D eigenvalue weighted by molar-refractivity contribution is -0.106. The number of hydrogen-bond donors (Lipinski definition) is 1. The summed E-state index contributed by atoms with van der Waals surface area (Å²) in [5, 5.41) is 0. The Balaban J connectivity index is 0. The molecule has 0 saturated carbocycles. The van der Waals surface area contributed by atoms with Crippen LogP contribution in [0.1, 0.15) is 40.0 Å². The maximum atomic E-state index is 8.58. The lowest BCUT2D eigenvalue weighted by Gasteiger charge is -2.25. The summed E-state index contributed by atoms with van der Waals surface area (Å²) in [7, 11) is 0. The van der Waals surface area contributed by atoms with Crippen LogP contribution in [-0.2, 0) is 9.53 Å². The quantitative estimate of drug-likeness (QED) is 0.592. The normalized spacial score (nSPS) is 15.2. The largest absolute Gasteiger partial charge is 0.380 e. The van der Waals surface area contributed by atoms with Crippen LogP contribution in [0.4, 0.5) is 0 Å². The summed E-state index contributed by atoms with van der Waals surface area (Å²) in [6.45, 7) is 11.5. The number of ether oxygens (including phenoxy) is 1. The van der Waals surface area contributed by atoms with Gasteiger partial charge in [0, 0.05) is 13.2 Å². The van der Waals surface area contributed by atoms with Gasteiger partial charge in [-0.2, -0.15) is 0 Å². The molecule has 1 amide bonds. The Kier molecular flexibility index (Phi) is 18.7. The summed E-state index contributed by atoms with van der Waals surface area (Å²) in [5.41, 5.74) is 4.17. The van der Waals surface area contributed by atoms with Gasteiger partial charge in [0.25, 0.3) is 0 Å². The van der Waals surface area contributed by atoms with Crippen molar-refractivity contribution in [2.75, 3.05) is 32.8 Å². The van der Waals surface area contributed by atoms with Gasteiger partial charge in [-0.15, -0.1) is 0 Å². The third-order valence-corrected chi connectivity index (χ3v) is 2.20. The Hall–Kier alpha value is -0.610. The number of hydrogen-bond acceptors (Lipinski definition) is 3. The molecular formula is C12H28N2O2. The Morgan fingerprint density at radius 1 is 1.25 bits per heavy atom. The summed E-state index contributed by atoms with van der Waals surface area (Å²) in [6, 6.07) is 0. The number of likely N-dealkylation sites (tertiary alicyclic amines) is 1. The Labute approximate surface area is 100 Å². The molecule has 4 nitrogen and oxygen atoms in total. The zero-order valence-corrected chi connectivity index (χ0v) is 11.1. The Morgan fingerprint density at radius 2 is 1.75 bits per heavy atom. The van der Waals surface area contributed by atoms with Crippen molar-refractivity contribution in [2.45, 2.75) is 40.0 Å². The predicted octanol–water partition coefficient (Wildman–Crippen LogP) is 1.64. The molecule has 0 atom stereocenters. The van der Waals surface area contributed by atoms with E-state index in [9.17, 15) is 0 Å². The highest BCUT2D eigenvalue weighted by atomic mass is 16.5. The lowest BCUT2D eigenvalue weighted by atomic mass is 10.1. The van der Waals surface area contributed by atoms with Crippen LogP contribution in [0, 0.1) is 0 Å². The highest BCUT2D eigenvalue weighted by Gasteiger charge is 2.08. The van der Waals surface area contributed by atoms with Gasteiger partial charge < -0.3 is 15.4 Å². The monoisotopic (exact) mass is 232 g/mol. The SMILES string of the molecule is CC.CCOCCN1CCCCC1.NC=O. The second-order valence-electron chi connectivity index (χ2n) is 3.24. The first-order chi connectivity index (χ1) is 7.85. The van der Waals surface area contributed by atoms with Crippen LogP contribution in [0.15, 0.2) is 0 Å². The van der Waals surface area contributed by atoms with Crippen molar-refractivity contribution in [1.29, 1.82) is 0 Å². The highest BCUT2D eigenvalue weighted by molar-refractivity contribution is 5.42. The number of primary amides is 1. The van der Waals surface area contributed by atoms with Crippen LogP contribution in [0.2, 0.25) is 0 Å². The van der Waals surface area contributed by atoms with Crippen molar-refractivity contribution in [2.24, 2.45) is 5.73 Å². The molecule has 0 aromatic heterocycles.